The van der Waals surface area contributed by atoms with Gasteiger partial charge in [-0.05, 0) is 77.3 Å². The van der Waals surface area contributed by atoms with Crippen molar-refractivity contribution in [2.75, 3.05) is 39.3 Å². The lowest BCUT2D eigenvalue weighted by Crippen LogP contribution is -2.56. The van der Waals surface area contributed by atoms with Gasteiger partial charge in [0.25, 0.3) is 0 Å². The molecule has 0 bridgehead atoms. The van der Waals surface area contributed by atoms with Crippen LogP contribution in [0.1, 0.15) is 59.3 Å². The third-order valence-corrected chi connectivity index (χ3v) is 7.50. The molecular weight excluding hydrogens is 342 g/mol. The Morgan fingerprint density at radius 3 is 2.15 bits per heavy atom. The molecule has 0 N–H and O–H groups in total. The summed E-state index contributed by atoms with van der Waals surface area (Å²) in [5.74, 6) is 2.01. The molecule has 0 aromatic rings. The number of piperazine rings is 1. The molecule has 0 radical (unpaired) electrons. The van der Waals surface area contributed by atoms with Gasteiger partial charge >= 0.3 is 0 Å². The van der Waals surface area contributed by atoms with Crippen LogP contribution in [0.2, 0.25) is 0 Å². The minimum atomic E-state index is 0.328. The van der Waals surface area contributed by atoms with Crippen molar-refractivity contribution in [1.82, 2.24) is 14.7 Å². The third-order valence-electron chi connectivity index (χ3n) is 7.07. The molecule has 1 saturated carbocycles. The van der Waals surface area contributed by atoms with Crippen LogP contribution in [-0.4, -0.2) is 77.2 Å². The Labute approximate surface area is 166 Å². The monoisotopic (exact) mass is 381 g/mol. The second kappa shape index (κ2) is 9.29. The zero-order valence-electron chi connectivity index (χ0n) is 17.1. The summed E-state index contributed by atoms with van der Waals surface area (Å²) < 4.78 is 0. The first-order valence-corrected chi connectivity index (χ1v) is 11.4. The molecular formula is C21H39N3OS. The van der Waals surface area contributed by atoms with Crippen molar-refractivity contribution in [2.45, 2.75) is 76.6 Å². The Bertz CT molecular complexity index is 454. The van der Waals surface area contributed by atoms with Crippen molar-refractivity contribution >= 4 is 18.5 Å². The van der Waals surface area contributed by atoms with Crippen molar-refractivity contribution in [1.29, 1.82) is 0 Å². The number of amides is 1. The van der Waals surface area contributed by atoms with E-state index < -0.39 is 0 Å². The van der Waals surface area contributed by atoms with E-state index in [9.17, 15) is 4.79 Å². The molecule has 3 fully saturated rings. The fourth-order valence-corrected chi connectivity index (χ4v) is 5.54. The van der Waals surface area contributed by atoms with Crippen LogP contribution in [0, 0.1) is 11.8 Å². The van der Waals surface area contributed by atoms with E-state index >= 15 is 0 Å². The number of thiol groups is 1. The van der Waals surface area contributed by atoms with E-state index in [0.29, 0.717) is 29.8 Å². The predicted molar refractivity (Wildman–Crippen MR) is 112 cm³/mol. The molecule has 1 atom stereocenters. The molecule has 2 saturated heterocycles. The Balaban J connectivity index is 1.38. The smallest absolute Gasteiger partial charge is 0.237 e. The molecule has 1 aliphatic carbocycles. The number of carbonyl (C=O) groups is 1. The van der Waals surface area contributed by atoms with Gasteiger partial charge in [-0.2, -0.15) is 12.6 Å². The van der Waals surface area contributed by atoms with Crippen LogP contribution in [0.5, 0.6) is 0 Å². The van der Waals surface area contributed by atoms with Gasteiger partial charge in [-0.1, -0.05) is 6.92 Å². The zero-order valence-corrected chi connectivity index (χ0v) is 18.0. The fourth-order valence-electron chi connectivity index (χ4n) is 5.24. The molecule has 3 rings (SSSR count). The van der Waals surface area contributed by atoms with Crippen molar-refractivity contribution in [3.63, 3.8) is 0 Å². The quantitative estimate of drug-likeness (QED) is 0.741. The maximum absolute atomic E-state index is 12.4. The first kappa shape index (κ1) is 20.5. The van der Waals surface area contributed by atoms with E-state index in [1.54, 1.807) is 0 Å². The molecule has 0 aromatic heterocycles. The second-order valence-corrected chi connectivity index (χ2v) is 10.0. The van der Waals surface area contributed by atoms with Crippen LogP contribution in [-0.2, 0) is 4.79 Å². The van der Waals surface area contributed by atoms with Crippen molar-refractivity contribution < 1.29 is 4.79 Å². The first-order valence-electron chi connectivity index (χ1n) is 10.9. The fraction of sp³-hybridized carbons (Fsp3) is 0.952. The highest BCUT2D eigenvalue weighted by atomic mass is 32.1. The van der Waals surface area contributed by atoms with Crippen molar-refractivity contribution in [2.24, 2.45) is 11.8 Å². The molecule has 26 heavy (non-hydrogen) atoms. The average molecular weight is 382 g/mol. The lowest BCUT2D eigenvalue weighted by atomic mass is 9.84. The van der Waals surface area contributed by atoms with E-state index in [0.717, 1.165) is 24.9 Å². The Kier molecular flexibility index (Phi) is 7.32. The normalized spacial score (nSPS) is 31.6. The van der Waals surface area contributed by atoms with Gasteiger partial charge in [-0.3, -0.25) is 9.69 Å². The topological polar surface area (TPSA) is 26.8 Å². The lowest BCUT2D eigenvalue weighted by molar-refractivity contribution is -0.139. The van der Waals surface area contributed by atoms with Crippen LogP contribution in [0.3, 0.4) is 0 Å². The molecule has 0 spiro atoms. The maximum atomic E-state index is 12.4. The van der Waals surface area contributed by atoms with E-state index in [1.807, 2.05) is 4.90 Å². The summed E-state index contributed by atoms with van der Waals surface area (Å²) in [6.07, 6.45) is 7.89. The van der Waals surface area contributed by atoms with Gasteiger partial charge in [0.05, 0.1) is 6.54 Å². The summed E-state index contributed by atoms with van der Waals surface area (Å²) in [4.78, 5) is 19.6. The lowest BCUT2D eigenvalue weighted by Gasteiger charge is -2.43. The van der Waals surface area contributed by atoms with Crippen molar-refractivity contribution in [3.05, 3.63) is 0 Å². The molecule has 5 heteroatoms. The van der Waals surface area contributed by atoms with Crippen LogP contribution in [0.15, 0.2) is 0 Å². The number of piperidine rings is 1. The summed E-state index contributed by atoms with van der Waals surface area (Å²) in [6.45, 7) is 12.9. The minimum absolute atomic E-state index is 0.328. The average Bonchev–Trinajstić information content (AvgIpc) is 2.62. The van der Waals surface area contributed by atoms with Gasteiger partial charge in [0.15, 0.2) is 0 Å². The number of likely N-dealkylation sites (tertiary alicyclic amines) is 1. The van der Waals surface area contributed by atoms with Gasteiger partial charge in [0.1, 0.15) is 0 Å². The second-order valence-electron chi connectivity index (χ2n) is 9.20. The highest BCUT2D eigenvalue weighted by molar-refractivity contribution is 7.80. The molecule has 150 valence electrons. The molecule has 1 amide bonds. The van der Waals surface area contributed by atoms with E-state index in [4.69, 9.17) is 0 Å². The number of carbonyl (C=O) groups excluding carboxylic acids is 1. The molecule has 3 aliphatic rings. The predicted octanol–water partition coefficient (Wildman–Crippen LogP) is 3.13. The highest BCUT2D eigenvalue weighted by Gasteiger charge is 2.33. The largest absolute Gasteiger partial charge is 0.338 e. The number of hydrogen-bond acceptors (Lipinski definition) is 4. The minimum Gasteiger partial charge on any atom is -0.338 e. The summed E-state index contributed by atoms with van der Waals surface area (Å²) in [5.41, 5.74) is 0. The standard InChI is InChI=1S/C21H39N3OS/c1-16(2)24-13-12-23(15-21(24)25)20-6-4-18(5-7-20)14-22-10-8-19(9-11-22)17(3)26/h16-20,26H,4-15H2,1-3H3. The Hall–Kier alpha value is -0.260. The van der Waals surface area contributed by atoms with Crippen LogP contribution < -0.4 is 0 Å². The van der Waals surface area contributed by atoms with Gasteiger partial charge < -0.3 is 9.80 Å². The summed E-state index contributed by atoms with van der Waals surface area (Å²) in [6, 6.07) is 0.982. The first-order chi connectivity index (χ1) is 12.4. The number of nitrogens with zero attached hydrogens (tertiary/aromatic N) is 3. The van der Waals surface area contributed by atoms with Gasteiger partial charge in [0.2, 0.25) is 5.91 Å². The van der Waals surface area contributed by atoms with E-state index in [-0.39, 0.29) is 0 Å². The third kappa shape index (κ3) is 5.17. The van der Waals surface area contributed by atoms with Crippen molar-refractivity contribution in [3.8, 4) is 0 Å². The summed E-state index contributed by atoms with van der Waals surface area (Å²) in [7, 11) is 0. The molecule has 2 aliphatic heterocycles. The molecule has 2 heterocycles. The molecule has 4 nitrogen and oxygen atoms in total. The maximum Gasteiger partial charge on any atom is 0.237 e. The molecule has 0 aromatic carbocycles. The Morgan fingerprint density at radius 2 is 1.62 bits per heavy atom. The van der Waals surface area contributed by atoms with E-state index in [2.05, 4.69) is 43.2 Å². The zero-order chi connectivity index (χ0) is 18.7. The van der Waals surface area contributed by atoms with Gasteiger partial charge in [0, 0.05) is 37.0 Å². The summed E-state index contributed by atoms with van der Waals surface area (Å²) in [5, 5.41) is 0.548. The Morgan fingerprint density at radius 1 is 0.962 bits per heavy atom. The van der Waals surface area contributed by atoms with Gasteiger partial charge in [-0.25, -0.2) is 0 Å². The van der Waals surface area contributed by atoms with Gasteiger partial charge in [-0.15, -0.1) is 0 Å². The van der Waals surface area contributed by atoms with Crippen LogP contribution in [0.4, 0.5) is 0 Å². The number of hydrogen-bond donors (Lipinski definition) is 1. The van der Waals surface area contributed by atoms with E-state index in [1.165, 1.54) is 58.2 Å². The SMILES string of the molecule is CC(S)C1CCN(CC2CCC(N3CCN(C(C)C)C(=O)C3)CC2)CC1. The summed E-state index contributed by atoms with van der Waals surface area (Å²) >= 11 is 4.63. The molecule has 1 unspecified atom stereocenters. The highest BCUT2D eigenvalue weighted by Crippen LogP contribution is 2.31. The number of rotatable bonds is 5. The van der Waals surface area contributed by atoms with Crippen LogP contribution >= 0.6 is 12.6 Å². The van der Waals surface area contributed by atoms with Crippen LogP contribution in [0.25, 0.3) is 0 Å².